The van der Waals surface area contributed by atoms with Crippen LogP contribution in [0.1, 0.15) is 34.0 Å². The Hall–Kier alpha value is -1.89. The van der Waals surface area contributed by atoms with Gasteiger partial charge in [-0.15, -0.1) is 0 Å². The van der Waals surface area contributed by atoms with Gasteiger partial charge in [-0.3, -0.25) is 4.79 Å². The number of hydrogen-bond acceptors (Lipinski definition) is 2. The number of likely N-dealkylation sites (tertiary alicyclic amines) is 1. The predicted molar refractivity (Wildman–Crippen MR) is 86.6 cm³/mol. The van der Waals surface area contributed by atoms with Gasteiger partial charge >= 0.3 is 6.18 Å². The molecule has 2 aromatic rings. The zero-order chi connectivity index (χ0) is 17.3. The Balaban J connectivity index is 1.80. The first-order chi connectivity index (χ1) is 11.4. The molecule has 126 valence electrons. The van der Waals surface area contributed by atoms with Crippen LogP contribution in [0.15, 0.2) is 47.1 Å². The molecule has 1 aromatic carbocycles. The Kier molecular flexibility index (Phi) is 4.62. The maximum Gasteiger partial charge on any atom is 0.416 e. The summed E-state index contributed by atoms with van der Waals surface area (Å²) < 4.78 is 40.1. The molecule has 1 aliphatic heterocycles. The molecule has 0 N–H and O–H groups in total. The Morgan fingerprint density at radius 2 is 1.92 bits per heavy atom. The lowest BCUT2D eigenvalue weighted by atomic mass is 9.93. The van der Waals surface area contributed by atoms with Gasteiger partial charge in [-0.25, -0.2) is 4.98 Å². The van der Waals surface area contributed by atoms with Crippen LogP contribution in [-0.4, -0.2) is 28.9 Å². The minimum Gasteiger partial charge on any atom is -0.337 e. The van der Waals surface area contributed by atoms with E-state index in [1.165, 1.54) is 12.1 Å². The van der Waals surface area contributed by atoms with Gasteiger partial charge in [0.2, 0.25) is 0 Å². The molecular weight excluding hydrogens is 385 g/mol. The minimum atomic E-state index is -4.39. The van der Waals surface area contributed by atoms with Gasteiger partial charge in [0.1, 0.15) is 10.3 Å². The van der Waals surface area contributed by atoms with Gasteiger partial charge in [-0.05, 0) is 46.1 Å². The molecule has 1 atom stereocenters. The molecule has 24 heavy (non-hydrogen) atoms. The highest BCUT2D eigenvalue weighted by atomic mass is 79.9. The van der Waals surface area contributed by atoms with E-state index in [4.69, 9.17) is 0 Å². The van der Waals surface area contributed by atoms with E-state index in [-0.39, 0.29) is 29.6 Å². The predicted octanol–water partition coefficient (Wildman–Crippen LogP) is 4.49. The van der Waals surface area contributed by atoms with Gasteiger partial charge in [0, 0.05) is 19.0 Å². The minimum absolute atomic E-state index is 0.252. The number of aromatic nitrogens is 1. The SMILES string of the molecule is O=C(c1cccc(Br)n1)N1CCC(c2ccccc2C(F)(F)F)C1. The van der Waals surface area contributed by atoms with Gasteiger partial charge < -0.3 is 4.90 Å². The number of carbonyl (C=O) groups is 1. The van der Waals surface area contributed by atoms with Crippen molar-refractivity contribution in [3.05, 3.63) is 63.9 Å². The van der Waals surface area contributed by atoms with Crippen LogP contribution in [0.4, 0.5) is 13.2 Å². The van der Waals surface area contributed by atoms with Gasteiger partial charge in [0.05, 0.1) is 5.56 Å². The summed E-state index contributed by atoms with van der Waals surface area (Å²) in [4.78, 5) is 18.2. The first-order valence-electron chi connectivity index (χ1n) is 7.44. The number of pyridine rings is 1. The van der Waals surface area contributed by atoms with Crippen molar-refractivity contribution in [1.29, 1.82) is 0 Å². The smallest absolute Gasteiger partial charge is 0.337 e. The van der Waals surface area contributed by atoms with Crippen molar-refractivity contribution in [2.45, 2.75) is 18.5 Å². The van der Waals surface area contributed by atoms with E-state index in [1.54, 1.807) is 29.2 Å². The van der Waals surface area contributed by atoms with Crippen molar-refractivity contribution in [2.24, 2.45) is 0 Å². The average molecular weight is 399 g/mol. The van der Waals surface area contributed by atoms with Crippen LogP contribution in [0.5, 0.6) is 0 Å². The Labute approximate surface area is 145 Å². The number of rotatable bonds is 2. The zero-order valence-corrected chi connectivity index (χ0v) is 14.1. The molecule has 1 aromatic heterocycles. The standard InChI is InChI=1S/C17H14BrF3N2O/c18-15-7-3-6-14(22-15)16(24)23-9-8-11(10-23)12-4-1-2-5-13(12)17(19,20)21/h1-7,11H,8-10H2. The summed E-state index contributed by atoms with van der Waals surface area (Å²) in [5.74, 6) is -0.581. The van der Waals surface area contributed by atoms with Gasteiger partial charge in [-0.2, -0.15) is 13.2 Å². The Bertz CT molecular complexity index is 763. The molecule has 0 radical (unpaired) electrons. The summed E-state index contributed by atoms with van der Waals surface area (Å²) in [6, 6.07) is 10.6. The molecule has 1 saturated heterocycles. The molecule has 0 saturated carbocycles. The lowest BCUT2D eigenvalue weighted by Gasteiger charge is -2.19. The average Bonchev–Trinajstić information content (AvgIpc) is 3.03. The Morgan fingerprint density at radius 1 is 1.17 bits per heavy atom. The van der Waals surface area contributed by atoms with E-state index in [0.717, 1.165) is 6.07 Å². The fourth-order valence-corrected chi connectivity index (χ4v) is 3.34. The summed E-state index contributed by atoms with van der Waals surface area (Å²) in [5.41, 5.74) is -0.0819. The van der Waals surface area contributed by atoms with E-state index >= 15 is 0 Å². The third-order valence-electron chi connectivity index (χ3n) is 4.12. The highest BCUT2D eigenvalue weighted by molar-refractivity contribution is 9.10. The van der Waals surface area contributed by atoms with Crippen molar-refractivity contribution < 1.29 is 18.0 Å². The second-order valence-electron chi connectivity index (χ2n) is 5.67. The molecule has 3 rings (SSSR count). The largest absolute Gasteiger partial charge is 0.416 e. The van der Waals surface area contributed by atoms with Crippen LogP contribution in [0.25, 0.3) is 0 Å². The van der Waals surface area contributed by atoms with Gasteiger partial charge in [0.25, 0.3) is 5.91 Å². The van der Waals surface area contributed by atoms with E-state index in [2.05, 4.69) is 20.9 Å². The molecule has 1 unspecified atom stereocenters. The zero-order valence-electron chi connectivity index (χ0n) is 12.6. The van der Waals surface area contributed by atoms with E-state index in [0.29, 0.717) is 17.6 Å². The summed E-state index contributed by atoms with van der Waals surface area (Å²) in [5, 5.41) is 0. The van der Waals surface area contributed by atoms with Crippen molar-refractivity contribution in [2.75, 3.05) is 13.1 Å². The topological polar surface area (TPSA) is 33.2 Å². The van der Waals surface area contributed by atoms with E-state index < -0.39 is 11.7 Å². The van der Waals surface area contributed by atoms with Crippen molar-refractivity contribution >= 4 is 21.8 Å². The second kappa shape index (κ2) is 6.55. The normalized spacial score (nSPS) is 18.0. The molecular formula is C17H14BrF3N2O. The molecule has 1 amide bonds. The van der Waals surface area contributed by atoms with Crippen LogP contribution < -0.4 is 0 Å². The van der Waals surface area contributed by atoms with Gasteiger partial charge in [-0.1, -0.05) is 24.3 Å². The van der Waals surface area contributed by atoms with Gasteiger partial charge in [0.15, 0.2) is 0 Å². The molecule has 0 spiro atoms. The second-order valence-corrected chi connectivity index (χ2v) is 6.48. The lowest BCUT2D eigenvalue weighted by Crippen LogP contribution is -2.29. The molecule has 7 heteroatoms. The van der Waals surface area contributed by atoms with E-state index in [9.17, 15) is 18.0 Å². The number of amides is 1. The Morgan fingerprint density at radius 3 is 2.62 bits per heavy atom. The highest BCUT2D eigenvalue weighted by Gasteiger charge is 2.37. The summed E-state index contributed by atoms with van der Waals surface area (Å²) in [6.45, 7) is 0.685. The van der Waals surface area contributed by atoms with E-state index in [1.807, 2.05) is 0 Å². The molecule has 3 nitrogen and oxygen atoms in total. The molecule has 1 aliphatic rings. The summed E-state index contributed by atoms with van der Waals surface area (Å²) in [7, 11) is 0. The highest BCUT2D eigenvalue weighted by Crippen LogP contribution is 2.38. The number of halogens is 4. The monoisotopic (exact) mass is 398 g/mol. The lowest BCUT2D eigenvalue weighted by molar-refractivity contribution is -0.138. The maximum absolute atomic E-state index is 13.2. The summed E-state index contributed by atoms with van der Waals surface area (Å²) in [6.07, 6.45) is -3.88. The molecule has 2 heterocycles. The van der Waals surface area contributed by atoms with Crippen molar-refractivity contribution in [3.8, 4) is 0 Å². The van der Waals surface area contributed by atoms with Crippen LogP contribution >= 0.6 is 15.9 Å². The number of nitrogens with zero attached hydrogens (tertiary/aromatic N) is 2. The fourth-order valence-electron chi connectivity index (χ4n) is 3.00. The molecule has 0 bridgehead atoms. The number of benzene rings is 1. The third-order valence-corrected chi connectivity index (χ3v) is 4.56. The third kappa shape index (κ3) is 3.45. The van der Waals surface area contributed by atoms with Crippen molar-refractivity contribution in [1.82, 2.24) is 9.88 Å². The maximum atomic E-state index is 13.2. The van der Waals surface area contributed by atoms with Crippen LogP contribution in [0, 0.1) is 0 Å². The summed E-state index contributed by atoms with van der Waals surface area (Å²) >= 11 is 3.21. The van der Waals surface area contributed by atoms with Crippen LogP contribution in [0.2, 0.25) is 0 Å². The number of carbonyl (C=O) groups excluding carboxylic acids is 1. The number of alkyl halides is 3. The molecule has 0 aliphatic carbocycles. The van der Waals surface area contributed by atoms with Crippen molar-refractivity contribution in [3.63, 3.8) is 0 Å². The quantitative estimate of drug-likeness (QED) is 0.698. The first-order valence-corrected chi connectivity index (χ1v) is 8.23. The van der Waals surface area contributed by atoms with Crippen LogP contribution in [0.3, 0.4) is 0 Å². The first kappa shape index (κ1) is 17.0. The van der Waals surface area contributed by atoms with Crippen LogP contribution in [-0.2, 0) is 6.18 Å². The fraction of sp³-hybridized carbons (Fsp3) is 0.294. The molecule has 1 fully saturated rings. The number of hydrogen-bond donors (Lipinski definition) is 0.